The van der Waals surface area contributed by atoms with Gasteiger partial charge >= 0.3 is 6.03 Å². The summed E-state index contributed by atoms with van der Waals surface area (Å²) in [5, 5.41) is 14.8. The summed E-state index contributed by atoms with van der Waals surface area (Å²) in [5.41, 5.74) is 0.424. The van der Waals surface area contributed by atoms with Crippen LogP contribution in [0.5, 0.6) is 11.5 Å². The van der Waals surface area contributed by atoms with E-state index < -0.39 is 6.03 Å². The van der Waals surface area contributed by atoms with E-state index in [2.05, 4.69) is 10.6 Å². The Hall–Kier alpha value is -3.06. The third kappa shape index (κ3) is 4.99. The predicted octanol–water partition coefficient (Wildman–Crippen LogP) is 2.24. The second-order valence-electron chi connectivity index (χ2n) is 4.88. The third-order valence-electron chi connectivity index (χ3n) is 3.13. The number of hydrogen-bond donors (Lipinski definition) is 3. The van der Waals surface area contributed by atoms with Gasteiger partial charge in [0.15, 0.2) is 0 Å². The molecule has 0 bridgehead atoms. The molecule has 0 saturated carbocycles. The standard InChI is InChI=1S/C17H19N3O4/c1-18-17(22)20(23)11-10-19-16(21)13-6-5-9-15(12-13)24-14-7-3-2-4-8-14/h2-9,12,23H,10-11H2,1H3,(H,18,22)(H,19,21). The second kappa shape index (κ2) is 8.54. The van der Waals surface area contributed by atoms with Gasteiger partial charge in [-0.15, -0.1) is 0 Å². The van der Waals surface area contributed by atoms with E-state index in [4.69, 9.17) is 4.74 Å². The highest BCUT2D eigenvalue weighted by Gasteiger charge is 2.10. The molecule has 2 aromatic carbocycles. The molecule has 0 heterocycles. The largest absolute Gasteiger partial charge is 0.457 e. The monoisotopic (exact) mass is 329 g/mol. The lowest BCUT2D eigenvalue weighted by molar-refractivity contribution is -0.0407. The normalized spacial score (nSPS) is 9.92. The first-order chi connectivity index (χ1) is 11.6. The molecule has 0 atom stereocenters. The molecular formula is C17H19N3O4. The van der Waals surface area contributed by atoms with Crippen LogP contribution < -0.4 is 15.4 Å². The number of benzene rings is 2. The van der Waals surface area contributed by atoms with Crippen LogP contribution in [0.25, 0.3) is 0 Å². The Balaban J connectivity index is 1.90. The molecule has 0 aliphatic heterocycles. The van der Waals surface area contributed by atoms with Crippen LogP contribution in [0.4, 0.5) is 4.79 Å². The molecule has 0 aromatic heterocycles. The van der Waals surface area contributed by atoms with Gasteiger partial charge in [0.1, 0.15) is 11.5 Å². The topological polar surface area (TPSA) is 90.9 Å². The van der Waals surface area contributed by atoms with Crippen LogP contribution in [0, 0.1) is 0 Å². The van der Waals surface area contributed by atoms with E-state index in [0.717, 1.165) is 0 Å². The van der Waals surface area contributed by atoms with Gasteiger partial charge in [-0.1, -0.05) is 24.3 Å². The number of rotatable bonds is 6. The number of ether oxygens (including phenoxy) is 1. The van der Waals surface area contributed by atoms with E-state index in [1.54, 1.807) is 24.3 Å². The van der Waals surface area contributed by atoms with Crippen LogP contribution in [-0.4, -0.2) is 42.3 Å². The van der Waals surface area contributed by atoms with E-state index in [-0.39, 0.29) is 19.0 Å². The van der Waals surface area contributed by atoms with E-state index in [9.17, 15) is 14.8 Å². The third-order valence-corrected chi connectivity index (χ3v) is 3.13. The molecule has 0 unspecified atom stereocenters. The highest BCUT2D eigenvalue weighted by atomic mass is 16.5. The first-order valence-corrected chi connectivity index (χ1v) is 7.39. The molecule has 0 saturated heterocycles. The number of hydroxylamine groups is 2. The zero-order chi connectivity index (χ0) is 17.4. The van der Waals surface area contributed by atoms with Crippen LogP contribution in [0.15, 0.2) is 54.6 Å². The number of nitrogens with zero attached hydrogens (tertiary/aromatic N) is 1. The van der Waals surface area contributed by atoms with Gasteiger partial charge < -0.3 is 15.4 Å². The van der Waals surface area contributed by atoms with Gasteiger partial charge in [0.25, 0.3) is 5.91 Å². The fourth-order valence-electron chi connectivity index (χ4n) is 1.93. The van der Waals surface area contributed by atoms with Crippen molar-refractivity contribution in [2.75, 3.05) is 20.1 Å². The zero-order valence-corrected chi connectivity index (χ0v) is 13.2. The molecule has 3 N–H and O–H groups in total. The second-order valence-corrected chi connectivity index (χ2v) is 4.88. The highest BCUT2D eigenvalue weighted by molar-refractivity contribution is 5.94. The first-order valence-electron chi connectivity index (χ1n) is 7.39. The molecule has 24 heavy (non-hydrogen) atoms. The van der Waals surface area contributed by atoms with Crippen LogP contribution in [0.1, 0.15) is 10.4 Å². The molecule has 3 amide bonds. The minimum Gasteiger partial charge on any atom is -0.457 e. The predicted molar refractivity (Wildman–Crippen MR) is 88.2 cm³/mol. The summed E-state index contributed by atoms with van der Waals surface area (Å²) < 4.78 is 5.68. The van der Waals surface area contributed by atoms with E-state index in [1.807, 2.05) is 30.3 Å². The maximum atomic E-state index is 12.1. The van der Waals surface area contributed by atoms with Gasteiger partial charge in [0, 0.05) is 19.2 Å². The van der Waals surface area contributed by atoms with Crippen molar-refractivity contribution < 1.29 is 19.5 Å². The molecule has 0 aliphatic carbocycles. The molecule has 0 aliphatic rings. The Kier molecular flexibility index (Phi) is 6.16. The molecule has 126 valence electrons. The van der Waals surface area contributed by atoms with Crippen molar-refractivity contribution in [3.05, 3.63) is 60.2 Å². The van der Waals surface area contributed by atoms with E-state index in [1.165, 1.54) is 7.05 Å². The van der Waals surface area contributed by atoms with Crippen LogP contribution in [0.2, 0.25) is 0 Å². The van der Waals surface area contributed by atoms with Crippen molar-refractivity contribution in [1.29, 1.82) is 0 Å². The maximum Gasteiger partial charge on any atom is 0.340 e. The smallest absolute Gasteiger partial charge is 0.340 e. The Morgan fingerprint density at radius 2 is 1.79 bits per heavy atom. The summed E-state index contributed by atoms with van der Waals surface area (Å²) in [6.45, 7) is 0.0954. The number of nitrogens with one attached hydrogen (secondary N) is 2. The number of carbonyl (C=O) groups excluding carboxylic acids is 2. The zero-order valence-electron chi connectivity index (χ0n) is 13.2. The molecule has 7 nitrogen and oxygen atoms in total. The number of hydrogen-bond acceptors (Lipinski definition) is 4. The Morgan fingerprint density at radius 1 is 1.08 bits per heavy atom. The van der Waals surface area contributed by atoms with Crippen LogP contribution in [-0.2, 0) is 0 Å². The Morgan fingerprint density at radius 3 is 2.50 bits per heavy atom. The van der Waals surface area contributed by atoms with Gasteiger partial charge in [0.05, 0.1) is 6.54 Å². The Labute approximate surface area is 139 Å². The lowest BCUT2D eigenvalue weighted by Gasteiger charge is -2.14. The summed E-state index contributed by atoms with van der Waals surface area (Å²) in [6, 6.07) is 15.4. The highest BCUT2D eigenvalue weighted by Crippen LogP contribution is 2.21. The average molecular weight is 329 g/mol. The summed E-state index contributed by atoms with van der Waals surface area (Å²) in [6.07, 6.45) is 0. The summed E-state index contributed by atoms with van der Waals surface area (Å²) in [4.78, 5) is 23.2. The van der Waals surface area contributed by atoms with Crippen molar-refractivity contribution >= 4 is 11.9 Å². The molecule has 0 fully saturated rings. The lowest BCUT2D eigenvalue weighted by Crippen LogP contribution is -2.40. The van der Waals surface area contributed by atoms with Gasteiger partial charge in [-0.05, 0) is 30.3 Å². The number of amides is 3. The lowest BCUT2D eigenvalue weighted by atomic mass is 10.2. The van der Waals surface area contributed by atoms with Crippen molar-refractivity contribution in [3.63, 3.8) is 0 Å². The minimum atomic E-state index is -0.637. The van der Waals surface area contributed by atoms with Crippen molar-refractivity contribution in [3.8, 4) is 11.5 Å². The van der Waals surface area contributed by atoms with Gasteiger partial charge in [-0.2, -0.15) is 0 Å². The number of para-hydroxylation sites is 1. The van der Waals surface area contributed by atoms with Crippen molar-refractivity contribution in [2.24, 2.45) is 0 Å². The van der Waals surface area contributed by atoms with Crippen molar-refractivity contribution in [2.45, 2.75) is 0 Å². The molecule has 2 aromatic rings. The molecular weight excluding hydrogens is 310 g/mol. The van der Waals surface area contributed by atoms with Crippen LogP contribution >= 0.6 is 0 Å². The molecule has 0 radical (unpaired) electrons. The molecule has 7 heteroatoms. The van der Waals surface area contributed by atoms with E-state index in [0.29, 0.717) is 22.1 Å². The number of urea groups is 1. The molecule has 0 spiro atoms. The first kappa shape index (κ1) is 17.3. The molecule has 2 rings (SSSR count). The average Bonchev–Trinajstić information content (AvgIpc) is 2.61. The fraction of sp³-hybridized carbons (Fsp3) is 0.176. The minimum absolute atomic E-state index is 0.0222. The van der Waals surface area contributed by atoms with Crippen LogP contribution in [0.3, 0.4) is 0 Å². The summed E-state index contributed by atoms with van der Waals surface area (Å²) in [5.74, 6) is 0.901. The quantitative estimate of drug-likeness (QED) is 0.560. The van der Waals surface area contributed by atoms with Gasteiger partial charge in [-0.3, -0.25) is 10.0 Å². The summed E-state index contributed by atoms with van der Waals surface area (Å²) in [7, 11) is 1.41. The number of carbonyl (C=O) groups is 2. The summed E-state index contributed by atoms with van der Waals surface area (Å²) >= 11 is 0. The van der Waals surface area contributed by atoms with Gasteiger partial charge in [0.2, 0.25) is 0 Å². The maximum absolute atomic E-state index is 12.1. The van der Waals surface area contributed by atoms with E-state index >= 15 is 0 Å². The fourth-order valence-corrected chi connectivity index (χ4v) is 1.93. The Bertz CT molecular complexity index is 691. The van der Waals surface area contributed by atoms with Gasteiger partial charge in [-0.25, -0.2) is 9.86 Å². The van der Waals surface area contributed by atoms with Crippen molar-refractivity contribution in [1.82, 2.24) is 15.7 Å². The SMILES string of the molecule is CNC(=O)N(O)CCNC(=O)c1cccc(Oc2ccccc2)c1.